The van der Waals surface area contributed by atoms with E-state index >= 15 is 0 Å². The summed E-state index contributed by atoms with van der Waals surface area (Å²) in [6, 6.07) is 9.40. The highest BCUT2D eigenvalue weighted by Crippen LogP contribution is 2.38. The zero-order chi connectivity index (χ0) is 14.4. The average Bonchev–Trinajstić information content (AvgIpc) is 3.14. The Hall–Kier alpha value is -2.10. The van der Waals surface area contributed by atoms with Gasteiger partial charge in [-0.3, -0.25) is 9.36 Å². The minimum atomic E-state index is 0.610. The second-order valence-electron chi connectivity index (χ2n) is 5.74. The van der Waals surface area contributed by atoms with Crippen LogP contribution in [0.25, 0.3) is 22.2 Å². The van der Waals surface area contributed by atoms with Crippen molar-refractivity contribution in [2.75, 3.05) is 0 Å². The normalized spacial score (nSPS) is 15.0. The minimum Gasteiger partial charge on any atom is -0.265 e. The van der Waals surface area contributed by atoms with Crippen LogP contribution >= 0.6 is 0 Å². The van der Waals surface area contributed by atoms with Crippen molar-refractivity contribution in [2.24, 2.45) is 0 Å². The molecule has 3 aromatic rings. The SMILES string of the molecule is CCc1nn(C2CC2)c2cc(-c3ccnn3CC)ccc12. The van der Waals surface area contributed by atoms with E-state index in [0.717, 1.165) is 13.0 Å². The summed E-state index contributed by atoms with van der Waals surface area (Å²) in [6.45, 7) is 5.19. The van der Waals surface area contributed by atoms with Crippen molar-refractivity contribution in [1.29, 1.82) is 0 Å². The predicted octanol–water partition coefficient (Wildman–Crippen LogP) is 3.82. The summed E-state index contributed by atoms with van der Waals surface area (Å²) in [5, 5.41) is 10.5. The molecule has 0 N–H and O–H groups in total. The van der Waals surface area contributed by atoms with Crippen molar-refractivity contribution in [3.05, 3.63) is 36.2 Å². The Morgan fingerprint density at radius 1 is 1.19 bits per heavy atom. The Morgan fingerprint density at radius 3 is 2.76 bits per heavy atom. The van der Waals surface area contributed by atoms with Crippen molar-refractivity contribution in [1.82, 2.24) is 19.6 Å². The van der Waals surface area contributed by atoms with Gasteiger partial charge in [0.2, 0.25) is 0 Å². The van der Waals surface area contributed by atoms with E-state index in [9.17, 15) is 0 Å². The zero-order valence-electron chi connectivity index (χ0n) is 12.6. The van der Waals surface area contributed by atoms with Gasteiger partial charge in [-0.2, -0.15) is 10.2 Å². The fourth-order valence-electron chi connectivity index (χ4n) is 3.05. The van der Waals surface area contributed by atoms with Gasteiger partial charge in [-0.15, -0.1) is 0 Å². The van der Waals surface area contributed by atoms with Gasteiger partial charge in [-0.25, -0.2) is 0 Å². The Morgan fingerprint density at radius 2 is 2.05 bits per heavy atom. The van der Waals surface area contributed by atoms with Crippen LogP contribution in [0.2, 0.25) is 0 Å². The second kappa shape index (κ2) is 4.72. The first-order valence-electron chi connectivity index (χ1n) is 7.85. The monoisotopic (exact) mass is 280 g/mol. The molecule has 4 rings (SSSR count). The van der Waals surface area contributed by atoms with Crippen LogP contribution in [-0.2, 0) is 13.0 Å². The van der Waals surface area contributed by atoms with E-state index in [1.54, 1.807) is 0 Å². The number of aryl methyl sites for hydroxylation is 2. The predicted molar refractivity (Wildman–Crippen MR) is 84.3 cm³/mol. The molecule has 0 radical (unpaired) electrons. The maximum absolute atomic E-state index is 4.83. The molecular formula is C17H20N4. The summed E-state index contributed by atoms with van der Waals surface area (Å²) < 4.78 is 4.28. The maximum atomic E-state index is 4.83. The average molecular weight is 280 g/mol. The van der Waals surface area contributed by atoms with Crippen LogP contribution < -0.4 is 0 Å². The van der Waals surface area contributed by atoms with Crippen LogP contribution in [0.1, 0.15) is 38.4 Å². The first-order chi connectivity index (χ1) is 10.3. The lowest BCUT2D eigenvalue weighted by Gasteiger charge is -2.06. The molecule has 1 aliphatic carbocycles. The highest BCUT2D eigenvalue weighted by molar-refractivity contribution is 5.86. The fourth-order valence-corrected chi connectivity index (χ4v) is 3.05. The maximum Gasteiger partial charge on any atom is 0.0700 e. The lowest BCUT2D eigenvalue weighted by Crippen LogP contribution is -1.99. The van der Waals surface area contributed by atoms with Crippen LogP contribution in [0.4, 0.5) is 0 Å². The summed E-state index contributed by atoms with van der Waals surface area (Å²) in [5.41, 5.74) is 4.90. The number of benzene rings is 1. The van der Waals surface area contributed by atoms with Crippen LogP contribution in [0.3, 0.4) is 0 Å². The third kappa shape index (κ3) is 1.97. The van der Waals surface area contributed by atoms with Gasteiger partial charge in [-0.05, 0) is 38.3 Å². The third-order valence-corrected chi connectivity index (χ3v) is 4.32. The van der Waals surface area contributed by atoms with Gasteiger partial charge in [0, 0.05) is 23.7 Å². The Labute approximate surface area is 124 Å². The van der Waals surface area contributed by atoms with E-state index in [4.69, 9.17) is 5.10 Å². The van der Waals surface area contributed by atoms with Gasteiger partial charge in [0.1, 0.15) is 0 Å². The first-order valence-corrected chi connectivity index (χ1v) is 7.85. The Balaban J connectivity index is 1.91. The van der Waals surface area contributed by atoms with Gasteiger partial charge < -0.3 is 0 Å². The van der Waals surface area contributed by atoms with E-state index in [1.165, 1.54) is 40.7 Å². The molecule has 0 bridgehead atoms. The van der Waals surface area contributed by atoms with E-state index in [2.05, 4.69) is 47.9 Å². The smallest absolute Gasteiger partial charge is 0.0700 e. The molecule has 2 heterocycles. The summed E-state index contributed by atoms with van der Waals surface area (Å²) in [7, 11) is 0. The van der Waals surface area contributed by atoms with Gasteiger partial charge in [-0.1, -0.05) is 19.1 Å². The Kier molecular flexibility index (Phi) is 2.84. The van der Waals surface area contributed by atoms with Crippen LogP contribution in [0.15, 0.2) is 30.5 Å². The molecule has 4 nitrogen and oxygen atoms in total. The molecule has 0 amide bonds. The molecule has 1 aliphatic rings. The first kappa shape index (κ1) is 12.6. The molecule has 4 heteroatoms. The number of nitrogens with zero attached hydrogens (tertiary/aromatic N) is 4. The number of aromatic nitrogens is 4. The minimum absolute atomic E-state index is 0.610. The molecule has 108 valence electrons. The molecule has 0 spiro atoms. The molecule has 0 unspecified atom stereocenters. The van der Waals surface area contributed by atoms with Crippen molar-refractivity contribution < 1.29 is 0 Å². The summed E-state index contributed by atoms with van der Waals surface area (Å²) in [6.07, 6.45) is 5.38. The topological polar surface area (TPSA) is 35.6 Å². The van der Waals surface area contributed by atoms with Crippen molar-refractivity contribution in [2.45, 2.75) is 45.7 Å². The van der Waals surface area contributed by atoms with Crippen molar-refractivity contribution in [3.8, 4) is 11.3 Å². The van der Waals surface area contributed by atoms with Crippen molar-refractivity contribution >= 4 is 10.9 Å². The van der Waals surface area contributed by atoms with Crippen LogP contribution in [0.5, 0.6) is 0 Å². The molecule has 1 saturated carbocycles. The summed E-state index contributed by atoms with van der Waals surface area (Å²) in [4.78, 5) is 0. The van der Waals surface area contributed by atoms with E-state index in [1.807, 2.05) is 10.9 Å². The molecule has 1 aromatic carbocycles. The molecule has 1 fully saturated rings. The van der Waals surface area contributed by atoms with E-state index < -0.39 is 0 Å². The van der Waals surface area contributed by atoms with Gasteiger partial charge >= 0.3 is 0 Å². The molecule has 0 saturated heterocycles. The van der Waals surface area contributed by atoms with Crippen LogP contribution in [0, 0.1) is 0 Å². The largest absolute Gasteiger partial charge is 0.265 e. The van der Waals surface area contributed by atoms with Gasteiger partial charge in [0.25, 0.3) is 0 Å². The molecular weight excluding hydrogens is 260 g/mol. The summed E-state index contributed by atoms with van der Waals surface area (Å²) >= 11 is 0. The molecule has 2 aromatic heterocycles. The van der Waals surface area contributed by atoms with E-state index in [-0.39, 0.29) is 0 Å². The number of hydrogen-bond acceptors (Lipinski definition) is 2. The lowest BCUT2D eigenvalue weighted by molar-refractivity contribution is 0.652. The second-order valence-corrected chi connectivity index (χ2v) is 5.74. The Bertz CT molecular complexity index is 792. The molecule has 21 heavy (non-hydrogen) atoms. The fraction of sp³-hybridized carbons (Fsp3) is 0.412. The lowest BCUT2D eigenvalue weighted by atomic mass is 10.1. The van der Waals surface area contributed by atoms with Gasteiger partial charge in [0.15, 0.2) is 0 Å². The van der Waals surface area contributed by atoms with Gasteiger partial charge in [0.05, 0.1) is 22.9 Å². The summed E-state index contributed by atoms with van der Waals surface area (Å²) in [5.74, 6) is 0. The number of rotatable bonds is 4. The molecule has 0 aliphatic heterocycles. The van der Waals surface area contributed by atoms with Crippen LogP contribution in [-0.4, -0.2) is 19.6 Å². The molecule has 0 atom stereocenters. The highest BCUT2D eigenvalue weighted by Gasteiger charge is 2.27. The van der Waals surface area contributed by atoms with E-state index in [0.29, 0.717) is 6.04 Å². The third-order valence-electron chi connectivity index (χ3n) is 4.32. The number of fused-ring (bicyclic) bond motifs is 1. The van der Waals surface area contributed by atoms with Crippen molar-refractivity contribution in [3.63, 3.8) is 0 Å². The standard InChI is InChI=1S/C17H20N4/c1-3-15-14-8-5-12(16-9-10-18-20(16)4-2)11-17(14)21(19-15)13-6-7-13/h5,8-11,13H,3-4,6-7H2,1-2H3. The highest BCUT2D eigenvalue weighted by atomic mass is 15.3. The quantitative estimate of drug-likeness (QED) is 0.728. The zero-order valence-corrected chi connectivity index (χ0v) is 12.6. The number of hydrogen-bond donors (Lipinski definition) is 0.